The number of hydrogen-bond acceptors (Lipinski definition) is 6. The number of hydrogen-bond donors (Lipinski definition) is 1. The van der Waals surface area contributed by atoms with Crippen molar-refractivity contribution in [3.63, 3.8) is 0 Å². The zero-order valence-electron chi connectivity index (χ0n) is 16.8. The normalized spacial score (nSPS) is 21.0. The van der Waals surface area contributed by atoms with Gasteiger partial charge in [-0.25, -0.2) is 23.1 Å². The molecule has 1 aliphatic rings. The number of nitrogens with two attached hydrogens (primary N) is 1. The lowest BCUT2D eigenvalue weighted by atomic mass is 9.84. The van der Waals surface area contributed by atoms with E-state index >= 15 is 0 Å². The predicted octanol–water partition coefficient (Wildman–Crippen LogP) is 3.81. The first-order valence-corrected chi connectivity index (χ1v) is 9.14. The minimum atomic E-state index is -4.83. The maximum atomic E-state index is 14.6. The summed E-state index contributed by atoms with van der Waals surface area (Å²) >= 11 is 0. The summed E-state index contributed by atoms with van der Waals surface area (Å²) in [6.07, 6.45) is -7.60. The Morgan fingerprint density at radius 2 is 1.94 bits per heavy atom. The fourth-order valence-corrected chi connectivity index (χ4v) is 3.36. The minimum absolute atomic E-state index is 0.0660. The molecule has 0 fully saturated rings. The summed E-state index contributed by atoms with van der Waals surface area (Å²) in [6, 6.07) is 1.77. The van der Waals surface area contributed by atoms with Crippen LogP contribution in [0.2, 0.25) is 0 Å². The Balaban J connectivity index is 1.98. The third-order valence-corrected chi connectivity index (χ3v) is 4.92. The maximum Gasteiger partial charge on any atom is 0.425 e. The first-order chi connectivity index (χ1) is 14.8. The van der Waals surface area contributed by atoms with Gasteiger partial charge in [0, 0.05) is 24.5 Å². The van der Waals surface area contributed by atoms with Crippen molar-refractivity contribution in [1.29, 1.82) is 0 Å². The van der Waals surface area contributed by atoms with Gasteiger partial charge < -0.3 is 15.2 Å². The number of Topliss-reactive ketones (excluding diaryl/α,β-unsaturated/α-hetero) is 1. The standard InChI is InChI=1S/C20H17F6N3O3/c1-19(7-15(20(24,25)26)32-18(27)29-19)11-3-9(4-12(21)16(11)23)5-14(30)17-13(22)6-10(31-2)8-28-17/h3-4,6,8,15H,5,7H2,1-2H3,(H2,27,29)/t15-,19-/m0/s1. The Kier molecular flexibility index (Phi) is 6.07. The Morgan fingerprint density at radius 3 is 2.53 bits per heavy atom. The zero-order chi connectivity index (χ0) is 23.8. The van der Waals surface area contributed by atoms with Crippen molar-refractivity contribution < 1.29 is 40.6 Å². The van der Waals surface area contributed by atoms with Crippen molar-refractivity contribution in [3.8, 4) is 5.75 Å². The van der Waals surface area contributed by atoms with Crippen molar-refractivity contribution in [2.24, 2.45) is 10.7 Å². The zero-order valence-corrected chi connectivity index (χ0v) is 16.8. The van der Waals surface area contributed by atoms with E-state index in [-0.39, 0.29) is 11.3 Å². The second-order valence-corrected chi connectivity index (χ2v) is 7.32. The summed E-state index contributed by atoms with van der Waals surface area (Å²) in [5, 5.41) is 0. The average molecular weight is 461 g/mol. The molecule has 3 rings (SSSR count). The Morgan fingerprint density at radius 1 is 1.25 bits per heavy atom. The molecule has 2 heterocycles. The molecule has 0 bridgehead atoms. The van der Waals surface area contributed by atoms with Gasteiger partial charge in [-0.05, 0) is 24.6 Å². The molecule has 1 aromatic heterocycles. The van der Waals surface area contributed by atoms with Crippen LogP contribution in [0.15, 0.2) is 29.4 Å². The van der Waals surface area contributed by atoms with Crippen LogP contribution in [-0.2, 0) is 16.7 Å². The average Bonchev–Trinajstić information content (AvgIpc) is 2.68. The van der Waals surface area contributed by atoms with E-state index in [1.807, 2.05) is 0 Å². The molecule has 2 aromatic rings. The highest BCUT2D eigenvalue weighted by molar-refractivity contribution is 5.96. The van der Waals surface area contributed by atoms with Gasteiger partial charge in [0.25, 0.3) is 6.02 Å². The molecule has 1 aromatic carbocycles. The highest BCUT2D eigenvalue weighted by Gasteiger charge is 2.50. The number of ether oxygens (including phenoxy) is 2. The molecule has 0 unspecified atom stereocenters. The number of ketones is 1. The van der Waals surface area contributed by atoms with Crippen LogP contribution in [0.1, 0.15) is 35.0 Å². The summed E-state index contributed by atoms with van der Waals surface area (Å²) in [5.41, 5.74) is 2.19. The maximum absolute atomic E-state index is 14.6. The van der Waals surface area contributed by atoms with Crippen LogP contribution in [-0.4, -0.2) is 36.2 Å². The third kappa shape index (κ3) is 4.63. The Hall–Kier alpha value is -3.31. The number of alkyl halides is 3. The van der Waals surface area contributed by atoms with E-state index in [9.17, 15) is 31.1 Å². The lowest BCUT2D eigenvalue weighted by Crippen LogP contribution is -2.46. The molecule has 6 nitrogen and oxygen atoms in total. The van der Waals surface area contributed by atoms with Crippen molar-refractivity contribution >= 4 is 11.8 Å². The topological polar surface area (TPSA) is 86.8 Å². The van der Waals surface area contributed by atoms with Gasteiger partial charge >= 0.3 is 6.18 Å². The predicted molar refractivity (Wildman–Crippen MR) is 99.7 cm³/mol. The van der Waals surface area contributed by atoms with Gasteiger partial charge in [-0.3, -0.25) is 4.79 Å². The molecule has 32 heavy (non-hydrogen) atoms. The van der Waals surface area contributed by atoms with Gasteiger partial charge in [0.15, 0.2) is 29.3 Å². The first-order valence-electron chi connectivity index (χ1n) is 9.14. The molecule has 0 saturated carbocycles. The molecular formula is C20H17F6N3O3. The molecule has 0 amide bonds. The molecule has 0 aliphatic carbocycles. The van der Waals surface area contributed by atoms with E-state index in [1.54, 1.807) is 0 Å². The first kappa shape index (κ1) is 23.4. The van der Waals surface area contributed by atoms with Crippen LogP contribution < -0.4 is 10.5 Å². The van der Waals surface area contributed by atoms with Crippen LogP contribution in [0.3, 0.4) is 0 Å². The Labute approximate surface area is 178 Å². The van der Waals surface area contributed by atoms with E-state index in [2.05, 4.69) is 14.7 Å². The van der Waals surface area contributed by atoms with Gasteiger partial charge in [0.1, 0.15) is 11.4 Å². The molecule has 1 aliphatic heterocycles. The number of carbonyl (C=O) groups is 1. The number of carbonyl (C=O) groups excluding carboxylic acids is 1. The van der Waals surface area contributed by atoms with Crippen molar-refractivity contribution in [2.45, 2.75) is 37.6 Å². The van der Waals surface area contributed by atoms with E-state index in [0.29, 0.717) is 6.07 Å². The summed E-state index contributed by atoms with van der Waals surface area (Å²) < 4.78 is 91.8. The van der Waals surface area contributed by atoms with Gasteiger partial charge in [-0.2, -0.15) is 13.2 Å². The van der Waals surface area contributed by atoms with Crippen LogP contribution >= 0.6 is 0 Å². The number of aliphatic imine (C=N–C) groups is 1. The number of methoxy groups -OCH3 is 1. The minimum Gasteiger partial charge on any atom is -0.495 e. The highest BCUT2D eigenvalue weighted by Crippen LogP contribution is 2.41. The number of amidine groups is 1. The number of benzene rings is 1. The molecule has 2 atom stereocenters. The van der Waals surface area contributed by atoms with E-state index in [0.717, 1.165) is 25.3 Å². The molecule has 0 spiro atoms. The molecule has 0 saturated heterocycles. The van der Waals surface area contributed by atoms with E-state index < -0.39 is 71.2 Å². The number of rotatable bonds is 5. The SMILES string of the molecule is COc1cnc(C(=O)Cc2cc(F)c(F)c([C@]3(C)C[C@@H](C(F)(F)F)OC(N)=N3)c2)c(F)c1. The van der Waals surface area contributed by atoms with Crippen LogP contribution in [0.25, 0.3) is 0 Å². The van der Waals surface area contributed by atoms with Crippen molar-refractivity contribution in [3.05, 3.63) is 58.7 Å². The number of aromatic nitrogens is 1. The number of halogens is 6. The van der Waals surface area contributed by atoms with Crippen molar-refractivity contribution in [1.82, 2.24) is 4.98 Å². The highest BCUT2D eigenvalue weighted by atomic mass is 19.4. The third-order valence-electron chi connectivity index (χ3n) is 4.92. The number of nitrogens with zero attached hydrogens (tertiary/aromatic N) is 2. The van der Waals surface area contributed by atoms with Crippen LogP contribution in [0.4, 0.5) is 26.3 Å². The summed E-state index contributed by atoms with van der Waals surface area (Å²) in [7, 11) is 1.27. The van der Waals surface area contributed by atoms with Gasteiger partial charge in [0.2, 0.25) is 0 Å². The quantitative estimate of drug-likeness (QED) is 0.541. The van der Waals surface area contributed by atoms with Crippen molar-refractivity contribution in [2.75, 3.05) is 7.11 Å². The second-order valence-electron chi connectivity index (χ2n) is 7.32. The second kappa shape index (κ2) is 8.32. The van der Waals surface area contributed by atoms with Crippen LogP contribution in [0, 0.1) is 17.5 Å². The lowest BCUT2D eigenvalue weighted by molar-refractivity contribution is -0.208. The Bertz CT molecular complexity index is 1090. The molecule has 0 radical (unpaired) electrons. The lowest BCUT2D eigenvalue weighted by Gasteiger charge is -2.36. The molecule has 2 N–H and O–H groups in total. The summed E-state index contributed by atoms with van der Waals surface area (Å²) in [4.78, 5) is 19.9. The summed E-state index contributed by atoms with van der Waals surface area (Å²) in [6.45, 7) is 1.13. The van der Waals surface area contributed by atoms with Crippen LogP contribution in [0.5, 0.6) is 5.75 Å². The molecule has 172 valence electrons. The fraction of sp³-hybridized carbons (Fsp3) is 0.350. The summed E-state index contributed by atoms with van der Waals surface area (Å²) in [5.74, 6) is -4.65. The molecular weight excluding hydrogens is 444 g/mol. The van der Waals surface area contributed by atoms with Gasteiger partial charge in [-0.1, -0.05) is 0 Å². The molecule has 12 heteroatoms. The van der Waals surface area contributed by atoms with Gasteiger partial charge in [0.05, 0.1) is 18.8 Å². The number of pyridine rings is 1. The van der Waals surface area contributed by atoms with Gasteiger partial charge in [-0.15, -0.1) is 0 Å². The smallest absolute Gasteiger partial charge is 0.425 e. The monoisotopic (exact) mass is 461 g/mol. The largest absolute Gasteiger partial charge is 0.495 e. The van der Waals surface area contributed by atoms with E-state index in [1.165, 1.54) is 7.11 Å². The fourth-order valence-electron chi connectivity index (χ4n) is 3.36. The van der Waals surface area contributed by atoms with E-state index in [4.69, 9.17) is 10.5 Å².